The SMILES string of the molecule is O=[N+]([O-])c1cc(C(F)(F)F)ccc1CC(Cl)C1CC1. The highest BCUT2D eigenvalue weighted by atomic mass is 35.5. The Kier molecular flexibility index (Phi) is 3.71. The molecule has 0 N–H and O–H groups in total. The minimum absolute atomic E-state index is 0.223. The maximum atomic E-state index is 12.5. The lowest BCUT2D eigenvalue weighted by atomic mass is 10.0. The van der Waals surface area contributed by atoms with Gasteiger partial charge >= 0.3 is 6.18 Å². The normalized spacial score (nSPS) is 17.3. The number of halogens is 4. The number of nitro benzene ring substituents is 1. The minimum atomic E-state index is -4.58. The minimum Gasteiger partial charge on any atom is -0.258 e. The Morgan fingerprint density at radius 1 is 1.42 bits per heavy atom. The van der Waals surface area contributed by atoms with Crippen LogP contribution in [0.5, 0.6) is 0 Å². The summed E-state index contributed by atoms with van der Waals surface area (Å²) in [7, 11) is 0. The second-order valence-corrected chi connectivity index (χ2v) is 5.22. The van der Waals surface area contributed by atoms with Crippen LogP contribution >= 0.6 is 11.6 Å². The molecule has 1 aliphatic rings. The number of benzene rings is 1. The molecule has 1 unspecified atom stereocenters. The molecule has 1 aromatic rings. The van der Waals surface area contributed by atoms with Crippen molar-refractivity contribution in [3.05, 3.63) is 39.4 Å². The topological polar surface area (TPSA) is 43.1 Å². The van der Waals surface area contributed by atoms with Crippen LogP contribution in [-0.2, 0) is 12.6 Å². The van der Waals surface area contributed by atoms with Gasteiger partial charge in [0.1, 0.15) is 0 Å². The fourth-order valence-corrected chi connectivity index (χ4v) is 2.34. The molecule has 7 heteroatoms. The summed E-state index contributed by atoms with van der Waals surface area (Å²) >= 11 is 6.07. The largest absolute Gasteiger partial charge is 0.416 e. The van der Waals surface area contributed by atoms with Crippen molar-refractivity contribution in [3.63, 3.8) is 0 Å². The molecule has 0 bridgehead atoms. The Morgan fingerprint density at radius 3 is 2.53 bits per heavy atom. The van der Waals surface area contributed by atoms with Crippen molar-refractivity contribution < 1.29 is 18.1 Å². The fraction of sp³-hybridized carbons (Fsp3) is 0.500. The number of alkyl halides is 4. The van der Waals surface area contributed by atoms with E-state index >= 15 is 0 Å². The van der Waals surface area contributed by atoms with E-state index in [0.29, 0.717) is 12.0 Å². The van der Waals surface area contributed by atoms with Gasteiger partial charge in [-0.15, -0.1) is 11.6 Å². The summed E-state index contributed by atoms with van der Waals surface area (Å²) in [6.45, 7) is 0. The van der Waals surface area contributed by atoms with Crippen LogP contribution in [0.15, 0.2) is 18.2 Å². The first kappa shape index (κ1) is 14.1. The van der Waals surface area contributed by atoms with E-state index in [-0.39, 0.29) is 17.4 Å². The van der Waals surface area contributed by atoms with Gasteiger partial charge in [0.2, 0.25) is 0 Å². The van der Waals surface area contributed by atoms with Crippen LogP contribution in [0.2, 0.25) is 0 Å². The second-order valence-electron chi connectivity index (χ2n) is 4.66. The number of nitro groups is 1. The molecular weight excluding hydrogens is 283 g/mol. The summed E-state index contributed by atoms with van der Waals surface area (Å²) in [5.41, 5.74) is -1.27. The van der Waals surface area contributed by atoms with Crippen molar-refractivity contribution >= 4 is 17.3 Å². The van der Waals surface area contributed by atoms with Crippen molar-refractivity contribution in [1.29, 1.82) is 0 Å². The van der Waals surface area contributed by atoms with Crippen molar-refractivity contribution in [2.45, 2.75) is 30.8 Å². The first-order chi connectivity index (χ1) is 8.79. The molecule has 1 aromatic carbocycles. The van der Waals surface area contributed by atoms with Crippen LogP contribution in [0.25, 0.3) is 0 Å². The first-order valence-corrected chi connectivity index (χ1v) is 6.21. The summed E-state index contributed by atoms with van der Waals surface area (Å²) in [5, 5.41) is 10.6. The highest BCUT2D eigenvalue weighted by Crippen LogP contribution is 2.39. The maximum Gasteiger partial charge on any atom is 0.416 e. The third kappa shape index (κ3) is 3.37. The molecule has 1 aliphatic carbocycles. The molecule has 0 saturated heterocycles. The van der Waals surface area contributed by atoms with Crippen molar-refractivity contribution in [2.75, 3.05) is 0 Å². The van der Waals surface area contributed by atoms with Crippen LogP contribution in [0.4, 0.5) is 18.9 Å². The highest BCUT2D eigenvalue weighted by Gasteiger charge is 2.35. The van der Waals surface area contributed by atoms with E-state index in [9.17, 15) is 23.3 Å². The lowest BCUT2D eigenvalue weighted by Crippen LogP contribution is -2.10. The number of hydrogen-bond acceptors (Lipinski definition) is 2. The van der Waals surface area contributed by atoms with E-state index < -0.39 is 22.4 Å². The zero-order chi connectivity index (χ0) is 14.2. The van der Waals surface area contributed by atoms with Gasteiger partial charge in [0, 0.05) is 17.0 Å². The van der Waals surface area contributed by atoms with Gasteiger partial charge in [0.15, 0.2) is 0 Å². The summed E-state index contributed by atoms with van der Waals surface area (Å²) in [6, 6.07) is 2.59. The fourth-order valence-electron chi connectivity index (χ4n) is 1.92. The van der Waals surface area contributed by atoms with Crippen molar-refractivity contribution in [2.24, 2.45) is 5.92 Å². The van der Waals surface area contributed by atoms with Crippen molar-refractivity contribution in [3.8, 4) is 0 Å². The molecule has 1 fully saturated rings. The molecule has 0 spiro atoms. The van der Waals surface area contributed by atoms with Crippen LogP contribution in [0.1, 0.15) is 24.0 Å². The molecule has 104 valence electrons. The van der Waals surface area contributed by atoms with Gasteiger partial charge in [0.25, 0.3) is 5.69 Å². The van der Waals surface area contributed by atoms with Crippen molar-refractivity contribution in [1.82, 2.24) is 0 Å². The average Bonchev–Trinajstić information content (AvgIpc) is 3.11. The summed E-state index contributed by atoms with van der Waals surface area (Å²) in [6.07, 6.45) is -2.41. The molecule has 0 amide bonds. The predicted molar refractivity (Wildman–Crippen MR) is 64.2 cm³/mol. The molecular formula is C12H11ClF3NO2. The maximum absolute atomic E-state index is 12.5. The van der Waals surface area contributed by atoms with E-state index in [1.54, 1.807) is 0 Å². The van der Waals surface area contributed by atoms with E-state index in [0.717, 1.165) is 25.0 Å². The Morgan fingerprint density at radius 2 is 2.05 bits per heavy atom. The molecule has 0 heterocycles. The van der Waals surface area contributed by atoms with Gasteiger partial charge in [-0.3, -0.25) is 10.1 Å². The number of rotatable bonds is 4. The molecule has 0 aromatic heterocycles. The predicted octanol–water partition coefficient (Wildman–Crippen LogP) is 4.17. The summed E-state index contributed by atoms with van der Waals surface area (Å²) in [4.78, 5) is 10.1. The van der Waals surface area contributed by atoms with Crippen LogP contribution in [0, 0.1) is 16.0 Å². The third-order valence-corrected chi connectivity index (χ3v) is 3.67. The number of nitrogens with zero attached hydrogens (tertiary/aromatic N) is 1. The van der Waals surface area contributed by atoms with Gasteiger partial charge in [-0.1, -0.05) is 6.07 Å². The number of hydrogen-bond donors (Lipinski definition) is 0. The zero-order valence-corrected chi connectivity index (χ0v) is 10.5. The standard InChI is InChI=1S/C12H11ClF3NO2/c13-10(7-1-2-7)5-8-3-4-9(12(14,15)16)6-11(8)17(18)19/h3-4,6-7,10H,1-2,5H2. The van der Waals surface area contributed by atoms with Crippen LogP contribution in [-0.4, -0.2) is 10.3 Å². The highest BCUT2D eigenvalue weighted by molar-refractivity contribution is 6.21. The quantitative estimate of drug-likeness (QED) is 0.475. The summed E-state index contributed by atoms with van der Waals surface area (Å²) < 4.78 is 37.5. The third-order valence-electron chi connectivity index (χ3n) is 3.16. The van der Waals surface area contributed by atoms with E-state index in [1.807, 2.05) is 0 Å². The second kappa shape index (κ2) is 5.00. The molecule has 1 atom stereocenters. The van der Waals surface area contributed by atoms with E-state index in [1.165, 1.54) is 0 Å². The first-order valence-electron chi connectivity index (χ1n) is 5.77. The van der Waals surface area contributed by atoms with E-state index in [2.05, 4.69) is 0 Å². The average molecular weight is 294 g/mol. The Balaban J connectivity index is 2.29. The monoisotopic (exact) mass is 293 g/mol. The Bertz CT molecular complexity index is 500. The van der Waals surface area contributed by atoms with Gasteiger partial charge in [-0.05, 0) is 31.2 Å². The molecule has 0 radical (unpaired) electrons. The van der Waals surface area contributed by atoms with Crippen LogP contribution < -0.4 is 0 Å². The molecule has 19 heavy (non-hydrogen) atoms. The van der Waals surface area contributed by atoms with Crippen LogP contribution in [0.3, 0.4) is 0 Å². The van der Waals surface area contributed by atoms with Gasteiger partial charge in [-0.25, -0.2) is 0 Å². The molecule has 2 rings (SSSR count). The lowest BCUT2D eigenvalue weighted by molar-refractivity contribution is -0.385. The molecule has 1 saturated carbocycles. The summed E-state index contributed by atoms with van der Waals surface area (Å²) in [5.74, 6) is 0.323. The smallest absolute Gasteiger partial charge is 0.258 e. The Hall–Kier alpha value is -1.30. The zero-order valence-electron chi connectivity index (χ0n) is 9.78. The molecule has 0 aliphatic heterocycles. The van der Waals surface area contributed by atoms with Gasteiger partial charge in [-0.2, -0.15) is 13.2 Å². The lowest BCUT2D eigenvalue weighted by Gasteiger charge is -2.11. The van der Waals surface area contributed by atoms with E-state index in [4.69, 9.17) is 11.6 Å². The van der Waals surface area contributed by atoms with Gasteiger partial charge in [0.05, 0.1) is 10.5 Å². The Labute approximate surface area is 112 Å². The van der Waals surface area contributed by atoms with Gasteiger partial charge < -0.3 is 0 Å². The molecule has 3 nitrogen and oxygen atoms in total.